The lowest BCUT2D eigenvalue weighted by Crippen LogP contribution is -2.05. The van der Waals surface area contributed by atoms with Crippen LogP contribution in [-0.4, -0.2) is 23.3 Å². The third-order valence-corrected chi connectivity index (χ3v) is 6.02. The summed E-state index contributed by atoms with van der Waals surface area (Å²) in [4.78, 5) is 14.0. The van der Waals surface area contributed by atoms with Crippen LogP contribution in [-0.2, 0) is 6.42 Å². The number of thiazole rings is 1. The van der Waals surface area contributed by atoms with Gasteiger partial charge in [0.1, 0.15) is 23.0 Å². The van der Waals surface area contributed by atoms with Crippen LogP contribution in [0.25, 0.3) is 10.4 Å². The zero-order chi connectivity index (χ0) is 23.8. The van der Waals surface area contributed by atoms with E-state index >= 15 is 0 Å². The van der Waals surface area contributed by atoms with Crippen molar-refractivity contribution in [3.63, 3.8) is 0 Å². The Morgan fingerprint density at radius 1 is 0.882 bits per heavy atom. The van der Waals surface area contributed by atoms with Crippen molar-refractivity contribution in [3.8, 4) is 39.3 Å². The Morgan fingerprint density at radius 2 is 1.62 bits per heavy atom. The first-order chi connectivity index (χ1) is 16.6. The van der Waals surface area contributed by atoms with E-state index in [4.69, 9.17) is 14.2 Å². The van der Waals surface area contributed by atoms with Crippen molar-refractivity contribution in [1.29, 1.82) is 0 Å². The maximum atomic E-state index is 11.4. The van der Waals surface area contributed by atoms with Crippen LogP contribution in [0.3, 0.4) is 0 Å². The lowest BCUT2D eigenvalue weighted by atomic mass is 10.1. The molecule has 0 aliphatic heterocycles. The molecule has 1 heterocycles. The molecule has 0 atom stereocenters. The van der Waals surface area contributed by atoms with Crippen LogP contribution in [0.5, 0.6) is 28.9 Å². The highest BCUT2D eigenvalue weighted by Gasteiger charge is 2.09. The molecule has 7 heteroatoms. The number of benzene rings is 3. The second-order valence-electron chi connectivity index (χ2n) is 7.70. The summed E-state index contributed by atoms with van der Waals surface area (Å²) in [6.07, 6.45) is 2.76. The van der Waals surface area contributed by atoms with Crippen molar-refractivity contribution in [1.82, 2.24) is 4.98 Å². The lowest BCUT2D eigenvalue weighted by Gasteiger charge is -2.12. The maximum Gasteiger partial charge on any atom is 0.307 e. The largest absolute Gasteiger partial charge is 0.493 e. The van der Waals surface area contributed by atoms with Crippen LogP contribution in [0, 0.1) is 0 Å². The van der Waals surface area contributed by atoms with Gasteiger partial charge in [0, 0.05) is 12.5 Å². The molecule has 0 saturated carbocycles. The van der Waals surface area contributed by atoms with Crippen molar-refractivity contribution in [3.05, 3.63) is 88.0 Å². The number of aromatic amines is 1. The fourth-order valence-corrected chi connectivity index (χ4v) is 4.23. The monoisotopic (exact) mass is 477 g/mol. The molecule has 3 aromatic carbocycles. The van der Waals surface area contributed by atoms with Gasteiger partial charge < -0.3 is 19.3 Å². The minimum atomic E-state index is -0.286. The molecule has 2 N–H and O–H groups in total. The second-order valence-corrected chi connectivity index (χ2v) is 8.68. The summed E-state index contributed by atoms with van der Waals surface area (Å²) in [6.45, 7) is 3.17. The second kappa shape index (κ2) is 11.4. The quantitative estimate of drug-likeness (QED) is 0.244. The highest BCUT2D eigenvalue weighted by molar-refractivity contribution is 7.13. The molecule has 0 fully saturated rings. The normalized spacial score (nSPS) is 10.7. The summed E-state index contributed by atoms with van der Waals surface area (Å²) in [6, 6.07) is 23.0. The Bertz CT molecular complexity index is 1260. The van der Waals surface area contributed by atoms with Crippen molar-refractivity contribution >= 4 is 11.3 Å². The number of hydrogen-bond acceptors (Lipinski definition) is 6. The number of H-pyrrole nitrogens is 1. The third kappa shape index (κ3) is 6.20. The molecule has 176 valence electrons. The zero-order valence-corrected chi connectivity index (χ0v) is 19.8. The van der Waals surface area contributed by atoms with Gasteiger partial charge in [-0.1, -0.05) is 48.9 Å². The molecular formula is C27H27NO5S. The van der Waals surface area contributed by atoms with Crippen LogP contribution in [0.4, 0.5) is 0 Å². The maximum absolute atomic E-state index is 11.4. The molecule has 0 unspecified atom stereocenters. The molecule has 0 radical (unpaired) electrons. The first-order valence-electron chi connectivity index (χ1n) is 11.3. The van der Waals surface area contributed by atoms with Crippen molar-refractivity contribution in [2.45, 2.75) is 26.2 Å². The van der Waals surface area contributed by atoms with Crippen molar-refractivity contribution in [2.75, 3.05) is 13.2 Å². The zero-order valence-electron chi connectivity index (χ0n) is 19.0. The molecule has 4 aromatic rings. The first-order valence-corrected chi connectivity index (χ1v) is 12.1. The summed E-state index contributed by atoms with van der Waals surface area (Å²) < 4.78 is 17.7. The van der Waals surface area contributed by atoms with E-state index in [2.05, 4.69) is 18.0 Å². The number of hydrogen-bond donors (Lipinski definition) is 2. The van der Waals surface area contributed by atoms with E-state index in [1.54, 1.807) is 0 Å². The van der Waals surface area contributed by atoms with Crippen LogP contribution in [0.15, 0.2) is 77.6 Å². The van der Waals surface area contributed by atoms with E-state index in [-0.39, 0.29) is 10.8 Å². The summed E-state index contributed by atoms with van der Waals surface area (Å²) in [5, 5.41) is 9.78. The van der Waals surface area contributed by atoms with E-state index in [0.29, 0.717) is 30.3 Å². The van der Waals surface area contributed by atoms with E-state index in [9.17, 15) is 9.90 Å². The average Bonchev–Trinajstić information content (AvgIpc) is 3.19. The van der Waals surface area contributed by atoms with E-state index in [1.165, 1.54) is 5.56 Å². The number of nitrogens with one attached hydrogen (secondary N) is 1. The van der Waals surface area contributed by atoms with Crippen molar-refractivity contribution < 1.29 is 19.3 Å². The molecule has 0 bridgehead atoms. The molecule has 0 spiro atoms. The minimum Gasteiger partial charge on any atom is -0.493 e. The van der Waals surface area contributed by atoms with Crippen molar-refractivity contribution in [2.24, 2.45) is 0 Å². The van der Waals surface area contributed by atoms with E-state index in [1.807, 2.05) is 66.7 Å². The minimum absolute atomic E-state index is 0.111. The Hall–Kier alpha value is -3.71. The van der Waals surface area contributed by atoms with E-state index in [0.717, 1.165) is 47.0 Å². The highest BCUT2D eigenvalue weighted by atomic mass is 32.1. The molecule has 0 amide bonds. The number of para-hydroxylation sites is 1. The van der Waals surface area contributed by atoms with Crippen LogP contribution >= 0.6 is 11.3 Å². The molecule has 6 nitrogen and oxygen atoms in total. The number of rotatable bonds is 11. The SMILES string of the molecule is CCCc1ccccc1Oc1cccc(OCCCOc2ccc(-c3sc(=O)[nH]c3O)cc2)c1. The molecule has 0 saturated heterocycles. The topological polar surface area (TPSA) is 80.8 Å². The first kappa shape index (κ1) is 23.4. The Balaban J connectivity index is 1.24. The van der Waals surface area contributed by atoms with Crippen LogP contribution in [0.1, 0.15) is 25.3 Å². The van der Waals surface area contributed by atoms with Gasteiger partial charge in [0.25, 0.3) is 0 Å². The Morgan fingerprint density at radius 3 is 2.35 bits per heavy atom. The third-order valence-electron chi connectivity index (χ3n) is 5.10. The molecule has 0 aliphatic carbocycles. The molecule has 4 rings (SSSR count). The number of aromatic hydroxyl groups is 1. The van der Waals surface area contributed by atoms with Crippen LogP contribution < -0.4 is 19.1 Å². The predicted molar refractivity (Wildman–Crippen MR) is 135 cm³/mol. The van der Waals surface area contributed by atoms with Gasteiger partial charge in [0.2, 0.25) is 5.88 Å². The van der Waals surface area contributed by atoms with Crippen LogP contribution in [0.2, 0.25) is 0 Å². The Labute approximate surface area is 202 Å². The predicted octanol–water partition coefficient (Wildman–Crippen LogP) is 6.40. The average molecular weight is 478 g/mol. The van der Waals surface area contributed by atoms with Gasteiger partial charge in [-0.25, -0.2) is 0 Å². The van der Waals surface area contributed by atoms with Gasteiger partial charge in [-0.2, -0.15) is 0 Å². The number of ether oxygens (including phenoxy) is 3. The highest BCUT2D eigenvalue weighted by Crippen LogP contribution is 2.31. The molecule has 0 aliphatic rings. The fraction of sp³-hybridized carbons (Fsp3) is 0.222. The van der Waals surface area contributed by atoms with Gasteiger partial charge in [-0.05, 0) is 60.0 Å². The lowest BCUT2D eigenvalue weighted by molar-refractivity contribution is 0.247. The van der Waals surface area contributed by atoms with Gasteiger partial charge >= 0.3 is 4.87 Å². The van der Waals surface area contributed by atoms with Gasteiger partial charge in [-0.15, -0.1) is 0 Å². The van der Waals surface area contributed by atoms with Gasteiger partial charge in [0.15, 0.2) is 0 Å². The summed E-state index contributed by atoms with van der Waals surface area (Å²) >= 11 is 0.972. The molecule has 34 heavy (non-hydrogen) atoms. The summed E-state index contributed by atoms with van der Waals surface area (Å²) in [5.41, 5.74) is 1.96. The van der Waals surface area contributed by atoms with Gasteiger partial charge in [-0.3, -0.25) is 9.78 Å². The molecule has 1 aromatic heterocycles. The van der Waals surface area contributed by atoms with E-state index < -0.39 is 0 Å². The standard InChI is InChI=1S/C27H27NO5S/c1-2-7-19-8-3-4-11-24(19)33-23-10-5-9-22(18-23)32-17-6-16-31-21-14-12-20(13-15-21)25-26(29)28-27(30)34-25/h3-5,8-15,18,29H,2,6-7,16-17H2,1H3,(H,28,30). The summed E-state index contributed by atoms with van der Waals surface area (Å²) in [7, 11) is 0. The summed E-state index contributed by atoms with van der Waals surface area (Å²) in [5.74, 6) is 2.98. The van der Waals surface area contributed by atoms with Gasteiger partial charge in [0.05, 0.1) is 18.1 Å². The smallest absolute Gasteiger partial charge is 0.307 e. The Kier molecular flexibility index (Phi) is 7.88. The molecular weight excluding hydrogens is 450 g/mol. The fourth-order valence-electron chi connectivity index (χ4n) is 3.49. The number of aryl methyl sites for hydroxylation is 1. The number of aromatic nitrogens is 1.